The number of nitrogens with zero attached hydrogens (tertiary/aromatic N) is 3. The maximum absolute atomic E-state index is 12.6. The van der Waals surface area contributed by atoms with Gasteiger partial charge in [-0.25, -0.2) is 0 Å². The molecule has 2 amide bonds. The van der Waals surface area contributed by atoms with Crippen molar-refractivity contribution in [1.29, 1.82) is 0 Å². The fraction of sp³-hybridized carbons (Fsp3) is 0.333. The van der Waals surface area contributed by atoms with Crippen LogP contribution >= 0.6 is 23.1 Å². The average molecular weight is 419 g/mol. The summed E-state index contributed by atoms with van der Waals surface area (Å²) in [5.41, 5.74) is 0.698. The molecule has 3 heterocycles. The van der Waals surface area contributed by atoms with E-state index in [4.69, 9.17) is 9.47 Å². The third-order valence-corrected chi connectivity index (χ3v) is 6.26. The third-order valence-electron chi connectivity index (χ3n) is 4.29. The zero-order valence-corrected chi connectivity index (χ0v) is 16.6. The number of thioether (sulfide) groups is 1. The van der Waals surface area contributed by atoms with Crippen LogP contribution < -0.4 is 19.7 Å². The van der Waals surface area contributed by atoms with Crippen molar-refractivity contribution in [3.05, 3.63) is 30.9 Å². The minimum absolute atomic E-state index is 0.101. The van der Waals surface area contributed by atoms with Crippen molar-refractivity contribution in [2.75, 3.05) is 35.7 Å². The minimum Gasteiger partial charge on any atom is -0.486 e. The number of carbonyl (C=O) groups excluding carboxylic acids is 2. The Morgan fingerprint density at radius 1 is 1.36 bits per heavy atom. The van der Waals surface area contributed by atoms with E-state index in [0.29, 0.717) is 42.1 Å². The number of benzene rings is 1. The Labute approximate surface area is 169 Å². The van der Waals surface area contributed by atoms with Crippen molar-refractivity contribution >= 4 is 45.7 Å². The van der Waals surface area contributed by atoms with E-state index in [1.807, 2.05) is 0 Å². The molecule has 1 N–H and O–H groups in total. The molecular weight excluding hydrogens is 400 g/mol. The van der Waals surface area contributed by atoms with Gasteiger partial charge in [0.15, 0.2) is 15.8 Å². The Balaban J connectivity index is 1.40. The van der Waals surface area contributed by atoms with Crippen LogP contribution in [-0.4, -0.2) is 47.5 Å². The van der Waals surface area contributed by atoms with Crippen LogP contribution in [0, 0.1) is 5.92 Å². The normalized spacial score (nSPS) is 18.2. The summed E-state index contributed by atoms with van der Waals surface area (Å²) in [6, 6.07) is 5.37. The quantitative estimate of drug-likeness (QED) is 0.438. The minimum atomic E-state index is -0.450. The smallest absolute Gasteiger partial charge is 0.231 e. The number of ether oxygens (including phenoxy) is 2. The molecule has 1 aromatic carbocycles. The first-order valence-electron chi connectivity index (χ1n) is 8.72. The van der Waals surface area contributed by atoms with Gasteiger partial charge >= 0.3 is 0 Å². The van der Waals surface area contributed by atoms with Crippen LogP contribution in [0.4, 0.5) is 10.8 Å². The molecule has 4 rings (SSSR count). The summed E-state index contributed by atoms with van der Waals surface area (Å²) in [5.74, 6) is 1.22. The molecule has 1 saturated heterocycles. The van der Waals surface area contributed by atoms with Crippen LogP contribution in [-0.2, 0) is 9.59 Å². The summed E-state index contributed by atoms with van der Waals surface area (Å²) in [4.78, 5) is 26.6. The van der Waals surface area contributed by atoms with Gasteiger partial charge in [0.25, 0.3) is 0 Å². The lowest BCUT2D eigenvalue weighted by molar-refractivity contribution is -0.122. The molecule has 28 heavy (non-hydrogen) atoms. The molecule has 2 aliphatic rings. The standard InChI is InChI=1S/C18H18N4O4S2/c1-2-7-27-18-21-20-17(28-18)19-16(24)11-8-15(23)22(10-11)12-3-4-13-14(9-12)26-6-5-25-13/h2-4,9,11H,1,5-8,10H2,(H,19,20,24)/t11-/m1/s1. The van der Waals surface area contributed by atoms with Crippen molar-refractivity contribution in [2.24, 2.45) is 5.92 Å². The summed E-state index contributed by atoms with van der Waals surface area (Å²) in [6.45, 7) is 4.95. The SMILES string of the molecule is C=CCSc1nnc(NC(=O)[C@@H]2CC(=O)N(c3ccc4c(c3)OCCO4)C2)s1. The molecule has 8 nitrogen and oxygen atoms in total. The highest BCUT2D eigenvalue weighted by Gasteiger charge is 2.36. The maximum atomic E-state index is 12.6. The number of fused-ring (bicyclic) bond motifs is 1. The molecule has 2 aliphatic heterocycles. The second-order valence-corrected chi connectivity index (χ2v) is 8.44. The van der Waals surface area contributed by atoms with Crippen LogP contribution in [0.2, 0.25) is 0 Å². The predicted molar refractivity (Wildman–Crippen MR) is 107 cm³/mol. The van der Waals surface area contributed by atoms with Crippen molar-refractivity contribution in [2.45, 2.75) is 10.8 Å². The first-order valence-corrected chi connectivity index (χ1v) is 10.5. The van der Waals surface area contributed by atoms with E-state index >= 15 is 0 Å². The van der Waals surface area contributed by atoms with Crippen molar-refractivity contribution in [1.82, 2.24) is 10.2 Å². The molecule has 0 radical (unpaired) electrons. The number of nitrogens with one attached hydrogen (secondary N) is 1. The van der Waals surface area contributed by atoms with E-state index in [1.165, 1.54) is 23.1 Å². The van der Waals surface area contributed by atoms with Gasteiger partial charge < -0.3 is 19.7 Å². The van der Waals surface area contributed by atoms with E-state index in [9.17, 15) is 9.59 Å². The molecule has 1 aromatic heterocycles. The number of amides is 2. The van der Waals surface area contributed by atoms with Gasteiger partial charge in [0.1, 0.15) is 13.2 Å². The Kier molecular flexibility index (Phi) is 5.49. The molecule has 10 heteroatoms. The number of carbonyl (C=O) groups is 2. The Morgan fingerprint density at radius 2 is 2.18 bits per heavy atom. The summed E-state index contributed by atoms with van der Waals surface area (Å²) >= 11 is 2.81. The number of hydrogen-bond acceptors (Lipinski definition) is 8. The lowest BCUT2D eigenvalue weighted by atomic mass is 10.1. The Morgan fingerprint density at radius 3 is 3.00 bits per heavy atom. The predicted octanol–water partition coefficient (Wildman–Crippen LogP) is 2.58. The van der Waals surface area contributed by atoms with Crippen molar-refractivity contribution in [3.63, 3.8) is 0 Å². The van der Waals surface area contributed by atoms with Gasteiger partial charge in [0.2, 0.25) is 16.9 Å². The fourth-order valence-electron chi connectivity index (χ4n) is 2.99. The summed E-state index contributed by atoms with van der Waals surface area (Å²) < 4.78 is 11.8. The van der Waals surface area contributed by atoms with Crippen molar-refractivity contribution in [3.8, 4) is 11.5 Å². The van der Waals surface area contributed by atoms with Crippen LogP contribution in [0.3, 0.4) is 0 Å². The van der Waals surface area contributed by atoms with E-state index in [1.54, 1.807) is 29.2 Å². The van der Waals surface area contributed by atoms with Gasteiger partial charge in [-0.3, -0.25) is 9.59 Å². The monoisotopic (exact) mass is 418 g/mol. The first kappa shape index (κ1) is 18.8. The van der Waals surface area contributed by atoms with Crippen LogP contribution in [0.15, 0.2) is 35.2 Å². The van der Waals surface area contributed by atoms with Gasteiger partial charge in [-0.1, -0.05) is 29.2 Å². The van der Waals surface area contributed by atoms with E-state index < -0.39 is 5.92 Å². The number of anilines is 2. The molecule has 0 unspecified atom stereocenters. The summed E-state index contributed by atoms with van der Waals surface area (Å²) in [5, 5.41) is 11.2. The second kappa shape index (κ2) is 8.19. The highest BCUT2D eigenvalue weighted by atomic mass is 32.2. The molecule has 2 aromatic rings. The Bertz CT molecular complexity index is 917. The second-order valence-electron chi connectivity index (χ2n) is 6.20. The lowest BCUT2D eigenvalue weighted by Gasteiger charge is -2.22. The highest BCUT2D eigenvalue weighted by Crippen LogP contribution is 2.36. The molecule has 0 saturated carbocycles. The Hall–Kier alpha value is -2.59. The van der Waals surface area contributed by atoms with Crippen molar-refractivity contribution < 1.29 is 19.1 Å². The van der Waals surface area contributed by atoms with Gasteiger partial charge in [0, 0.05) is 30.5 Å². The lowest BCUT2D eigenvalue weighted by Crippen LogP contribution is -2.28. The molecule has 1 fully saturated rings. The number of aromatic nitrogens is 2. The average Bonchev–Trinajstić information content (AvgIpc) is 3.32. The zero-order chi connectivity index (χ0) is 19.5. The molecule has 0 spiro atoms. The zero-order valence-electron chi connectivity index (χ0n) is 14.9. The topological polar surface area (TPSA) is 93.7 Å². The van der Waals surface area contributed by atoms with Gasteiger partial charge in [-0.05, 0) is 12.1 Å². The fourth-order valence-corrected chi connectivity index (χ4v) is 4.50. The largest absolute Gasteiger partial charge is 0.486 e. The van der Waals surface area contributed by atoms with Crippen LogP contribution in [0.5, 0.6) is 11.5 Å². The number of rotatable bonds is 6. The molecule has 0 aliphatic carbocycles. The van der Waals surface area contributed by atoms with E-state index in [2.05, 4.69) is 22.1 Å². The first-order chi connectivity index (χ1) is 13.6. The molecule has 146 valence electrons. The molecule has 1 atom stereocenters. The van der Waals surface area contributed by atoms with Gasteiger partial charge in [0.05, 0.1) is 5.92 Å². The maximum Gasteiger partial charge on any atom is 0.231 e. The van der Waals surface area contributed by atoms with Crippen LogP contribution in [0.1, 0.15) is 6.42 Å². The van der Waals surface area contributed by atoms with E-state index in [-0.39, 0.29) is 18.2 Å². The highest BCUT2D eigenvalue weighted by molar-refractivity contribution is 8.01. The van der Waals surface area contributed by atoms with Crippen LogP contribution in [0.25, 0.3) is 0 Å². The van der Waals surface area contributed by atoms with Gasteiger partial charge in [-0.2, -0.15) is 0 Å². The van der Waals surface area contributed by atoms with Gasteiger partial charge in [-0.15, -0.1) is 16.8 Å². The molecule has 0 bridgehead atoms. The number of hydrogen-bond donors (Lipinski definition) is 1. The van der Waals surface area contributed by atoms with E-state index in [0.717, 1.165) is 10.1 Å². The summed E-state index contributed by atoms with van der Waals surface area (Å²) in [7, 11) is 0. The third kappa shape index (κ3) is 3.97. The summed E-state index contributed by atoms with van der Waals surface area (Å²) in [6.07, 6.45) is 1.93. The molecular formula is C18H18N4O4S2.